The molecule has 0 radical (unpaired) electrons. The molecule has 2 aliphatic heterocycles. The monoisotopic (exact) mass is 361 g/mol. The predicted octanol–water partition coefficient (Wildman–Crippen LogP) is 2.60. The maximum atomic E-state index is 11.5. The summed E-state index contributed by atoms with van der Waals surface area (Å²) in [5.41, 5.74) is 0. The summed E-state index contributed by atoms with van der Waals surface area (Å²) in [5, 5.41) is 12.8. The highest BCUT2D eigenvalue weighted by molar-refractivity contribution is 5.73. The Bertz CT molecular complexity index is 589. The van der Waals surface area contributed by atoms with Gasteiger partial charge in [-0.1, -0.05) is 19.8 Å². The van der Waals surface area contributed by atoms with Gasteiger partial charge in [-0.3, -0.25) is 9.69 Å². The van der Waals surface area contributed by atoms with Crippen molar-refractivity contribution in [3.63, 3.8) is 0 Å². The molecule has 2 aliphatic rings. The van der Waals surface area contributed by atoms with E-state index in [1.54, 1.807) is 0 Å². The van der Waals surface area contributed by atoms with Gasteiger partial charge in [0.25, 0.3) is 0 Å². The lowest BCUT2D eigenvalue weighted by Crippen LogP contribution is -2.46. The summed E-state index contributed by atoms with van der Waals surface area (Å²) in [6, 6.07) is 1.81. The number of nitrogens with one attached hydrogen (secondary N) is 1. The van der Waals surface area contributed by atoms with Gasteiger partial charge in [-0.2, -0.15) is 4.98 Å². The van der Waals surface area contributed by atoms with Crippen molar-refractivity contribution in [2.45, 2.75) is 64.0 Å². The molecule has 2 unspecified atom stereocenters. The number of hydrogen-bond donors (Lipinski definition) is 2. The SMILES string of the molecule is CCC(C(=O)O)N1CCCC1CNc1nccc(N2CCCCCC2)n1. The van der Waals surface area contributed by atoms with E-state index in [2.05, 4.69) is 20.1 Å². The van der Waals surface area contributed by atoms with Crippen LogP contribution < -0.4 is 10.2 Å². The van der Waals surface area contributed by atoms with E-state index in [9.17, 15) is 9.90 Å². The smallest absolute Gasteiger partial charge is 0.320 e. The van der Waals surface area contributed by atoms with Crippen molar-refractivity contribution in [3.8, 4) is 0 Å². The summed E-state index contributed by atoms with van der Waals surface area (Å²) in [6.07, 6.45) is 9.54. The van der Waals surface area contributed by atoms with Gasteiger partial charge >= 0.3 is 5.97 Å². The van der Waals surface area contributed by atoms with Crippen LogP contribution in [-0.4, -0.2) is 64.2 Å². The van der Waals surface area contributed by atoms with Crippen LogP contribution in [0.15, 0.2) is 12.3 Å². The van der Waals surface area contributed by atoms with E-state index in [1.807, 2.05) is 19.2 Å². The molecule has 0 bridgehead atoms. The lowest BCUT2D eigenvalue weighted by atomic mass is 10.1. The molecular weight excluding hydrogens is 330 g/mol. The average molecular weight is 361 g/mol. The molecule has 7 heteroatoms. The zero-order chi connectivity index (χ0) is 18.4. The van der Waals surface area contributed by atoms with Gasteiger partial charge in [-0.25, -0.2) is 4.98 Å². The minimum absolute atomic E-state index is 0.224. The molecule has 144 valence electrons. The van der Waals surface area contributed by atoms with Crippen LogP contribution in [0.4, 0.5) is 11.8 Å². The van der Waals surface area contributed by atoms with Gasteiger partial charge < -0.3 is 15.3 Å². The topological polar surface area (TPSA) is 81.6 Å². The van der Waals surface area contributed by atoms with E-state index >= 15 is 0 Å². The summed E-state index contributed by atoms with van der Waals surface area (Å²) >= 11 is 0. The van der Waals surface area contributed by atoms with Crippen molar-refractivity contribution in [2.24, 2.45) is 0 Å². The van der Waals surface area contributed by atoms with Crippen molar-refractivity contribution in [2.75, 3.05) is 36.4 Å². The van der Waals surface area contributed by atoms with E-state index in [0.29, 0.717) is 18.9 Å². The minimum Gasteiger partial charge on any atom is -0.480 e. The molecule has 2 N–H and O–H groups in total. The first kappa shape index (κ1) is 18.9. The molecule has 0 aromatic carbocycles. The molecule has 2 fully saturated rings. The lowest BCUT2D eigenvalue weighted by Gasteiger charge is -2.30. The Labute approximate surface area is 155 Å². The Morgan fingerprint density at radius 1 is 1.27 bits per heavy atom. The number of rotatable bonds is 7. The Morgan fingerprint density at radius 3 is 2.73 bits per heavy atom. The van der Waals surface area contributed by atoms with Crippen LogP contribution in [0.1, 0.15) is 51.9 Å². The third-order valence-corrected chi connectivity index (χ3v) is 5.56. The Hall–Kier alpha value is -1.89. The van der Waals surface area contributed by atoms with Crippen molar-refractivity contribution in [1.82, 2.24) is 14.9 Å². The molecule has 26 heavy (non-hydrogen) atoms. The van der Waals surface area contributed by atoms with Gasteiger partial charge in [0.05, 0.1) is 0 Å². The van der Waals surface area contributed by atoms with Crippen LogP contribution in [0.2, 0.25) is 0 Å². The molecule has 0 aliphatic carbocycles. The fourth-order valence-corrected chi connectivity index (χ4v) is 4.16. The van der Waals surface area contributed by atoms with Gasteiger partial charge in [0.1, 0.15) is 11.9 Å². The summed E-state index contributed by atoms with van der Waals surface area (Å²) in [5.74, 6) is 0.908. The molecule has 0 spiro atoms. The first-order valence-corrected chi connectivity index (χ1v) is 9.99. The van der Waals surface area contributed by atoms with Crippen molar-refractivity contribution in [1.29, 1.82) is 0 Å². The van der Waals surface area contributed by atoms with Crippen LogP contribution in [-0.2, 0) is 4.79 Å². The number of likely N-dealkylation sites (tertiary alicyclic amines) is 1. The zero-order valence-corrected chi connectivity index (χ0v) is 15.7. The Balaban J connectivity index is 1.60. The second-order valence-electron chi connectivity index (χ2n) is 7.32. The molecule has 3 heterocycles. The summed E-state index contributed by atoms with van der Waals surface area (Å²) < 4.78 is 0. The zero-order valence-electron chi connectivity index (χ0n) is 15.7. The first-order chi connectivity index (χ1) is 12.7. The third-order valence-electron chi connectivity index (χ3n) is 5.56. The fourth-order valence-electron chi connectivity index (χ4n) is 4.16. The second-order valence-corrected chi connectivity index (χ2v) is 7.32. The normalized spacial score (nSPS) is 22.8. The fraction of sp³-hybridized carbons (Fsp3) is 0.737. The largest absolute Gasteiger partial charge is 0.480 e. The second kappa shape index (κ2) is 9.16. The Morgan fingerprint density at radius 2 is 2.04 bits per heavy atom. The molecule has 0 saturated carbocycles. The van der Waals surface area contributed by atoms with Crippen molar-refractivity contribution in [3.05, 3.63) is 12.3 Å². The third kappa shape index (κ3) is 4.63. The number of aromatic nitrogens is 2. The van der Waals surface area contributed by atoms with Crippen LogP contribution in [0.3, 0.4) is 0 Å². The van der Waals surface area contributed by atoms with Gasteiger partial charge in [-0.15, -0.1) is 0 Å². The van der Waals surface area contributed by atoms with E-state index in [1.165, 1.54) is 25.7 Å². The molecule has 0 amide bonds. The first-order valence-electron chi connectivity index (χ1n) is 9.99. The van der Waals surface area contributed by atoms with Crippen LogP contribution in [0.5, 0.6) is 0 Å². The molecule has 1 aromatic heterocycles. The van der Waals surface area contributed by atoms with Gasteiger partial charge in [0.2, 0.25) is 5.95 Å². The number of aliphatic carboxylic acids is 1. The summed E-state index contributed by atoms with van der Waals surface area (Å²) in [4.78, 5) is 25.0. The van der Waals surface area contributed by atoms with E-state index in [0.717, 1.165) is 38.3 Å². The predicted molar refractivity (Wildman–Crippen MR) is 103 cm³/mol. The molecule has 7 nitrogen and oxygen atoms in total. The quantitative estimate of drug-likeness (QED) is 0.772. The maximum Gasteiger partial charge on any atom is 0.320 e. The number of carboxylic acid groups (broad SMARTS) is 1. The number of carboxylic acids is 1. The van der Waals surface area contributed by atoms with Crippen LogP contribution in [0.25, 0.3) is 0 Å². The maximum absolute atomic E-state index is 11.5. The van der Waals surface area contributed by atoms with E-state index in [-0.39, 0.29) is 6.04 Å². The summed E-state index contributed by atoms with van der Waals surface area (Å²) in [7, 11) is 0. The highest BCUT2D eigenvalue weighted by atomic mass is 16.4. The van der Waals surface area contributed by atoms with E-state index < -0.39 is 12.0 Å². The van der Waals surface area contributed by atoms with Crippen molar-refractivity contribution >= 4 is 17.7 Å². The molecule has 2 atom stereocenters. The van der Waals surface area contributed by atoms with E-state index in [4.69, 9.17) is 4.98 Å². The van der Waals surface area contributed by atoms with Crippen molar-refractivity contribution < 1.29 is 9.90 Å². The number of carbonyl (C=O) groups is 1. The minimum atomic E-state index is -0.723. The van der Waals surface area contributed by atoms with Gasteiger partial charge in [0.15, 0.2) is 0 Å². The molecular formula is C19H31N5O2. The highest BCUT2D eigenvalue weighted by Gasteiger charge is 2.33. The van der Waals surface area contributed by atoms with Crippen LogP contribution in [0, 0.1) is 0 Å². The standard InChI is InChI=1S/C19H31N5O2/c1-2-16(18(25)26)24-13-7-8-15(24)14-21-19-20-10-9-17(22-19)23-11-5-3-4-6-12-23/h9-10,15-16H,2-8,11-14H2,1H3,(H,25,26)(H,20,21,22). The Kier molecular flexibility index (Phi) is 6.66. The van der Waals surface area contributed by atoms with Gasteiger partial charge in [0, 0.05) is 31.9 Å². The van der Waals surface area contributed by atoms with Crippen LogP contribution >= 0.6 is 0 Å². The highest BCUT2D eigenvalue weighted by Crippen LogP contribution is 2.23. The number of hydrogen-bond acceptors (Lipinski definition) is 6. The summed E-state index contributed by atoms with van der Waals surface area (Å²) in [6.45, 7) is 5.60. The molecule has 2 saturated heterocycles. The lowest BCUT2D eigenvalue weighted by molar-refractivity contribution is -0.143. The van der Waals surface area contributed by atoms with Gasteiger partial charge in [-0.05, 0) is 44.7 Å². The average Bonchev–Trinajstić information content (AvgIpc) is 2.92. The molecule has 1 aromatic rings. The number of anilines is 2. The molecule has 3 rings (SSSR count). The number of nitrogens with zero attached hydrogens (tertiary/aromatic N) is 4.